The van der Waals surface area contributed by atoms with Gasteiger partial charge in [0.1, 0.15) is 0 Å². The van der Waals surface area contributed by atoms with Crippen molar-refractivity contribution >= 4 is 17.5 Å². The number of aryl methyl sites for hydroxylation is 3. The number of amides is 1. The maximum Gasteiger partial charge on any atom is 0.220 e. The number of benzene rings is 2. The Labute approximate surface area is 143 Å². The lowest BCUT2D eigenvalue weighted by Gasteiger charge is -2.18. The van der Waals surface area contributed by atoms with E-state index in [2.05, 4.69) is 44.3 Å². The Balaban J connectivity index is 1.94. The highest BCUT2D eigenvalue weighted by atomic mass is 35.5. The van der Waals surface area contributed by atoms with E-state index in [1.54, 1.807) is 0 Å². The van der Waals surface area contributed by atoms with Crippen molar-refractivity contribution in [3.63, 3.8) is 0 Å². The smallest absolute Gasteiger partial charge is 0.220 e. The van der Waals surface area contributed by atoms with Gasteiger partial charge in [0.15, 0.2) is 0 Å². The minimum Gasteiger partial charge on any atom is -0.349 e. The molecule has 122 valence electrons. The molecule has 0 aliphatic heterocycles. The lowest BCUT2D eigenvalue weighted by Crippen LogP contribution is -2.28. The van der Waals surface area contributed by atoms with Crippen LogP contribution in [-0.2, 0) is 11.2 Å². The molecule has 0 heterocycles. The van der Waals surface area contributed by atoms with Gasteiger partial charge in [-0.2, -0.15) is 0 Å². The van der Waals surface area contributed by atoms with Crippen molar-refractivity contribution in [3.8, 4) is 0 Å². The van der Waals surface area contributed by atoms with E-state index < -0.39 is 0 Å². The zero-order valence-corrected chi connectivity index (χ0v) is 14.8. The fourth-order valence-electron chi connectivity index (χ4n) is 2.58. The van der Waals surface area contributed by atoms with Crippen molar-refractivity contribution in [1.82, 2.24) is 5.32 Å². The molecule has 1 unspecified atom stereocenters. The average molecular weight is 330 g/mol. The van der Waals surface area contributed by atoms with Crippen molar-refractivity contribution in [2.24, 2.45) is 0 Å². The van der Waals surface area contributed by atoms with Gasteiger partial charge in [-0.1, -0.05) is 48.9 Å². The summed E-state index contributed by atoms with van der Waals surface area (Å²) in [6.45, 7) is 6.30. The van der Waals surface area contributed by atoms with Gasteiger partial charge in [-0.05, 0) is 61.1 Å². The van der Waals surface area contributed by atoms with E-state index in [1.165, 1.54) is 16.7 Å². The molecule has 0 radical (unpaired) electrons. The normalized spacial score (nSPS) is 12.0. The molecule has 0 spiro atoms. The first kappa shape index (κ1) is 17.6. The Kier molecular flexibility index (Phi) is 6.23. The third-order valence-electron chi connectivity index (χ3n) is 4.23. The Bertz CT molecular complexity index is 664. The fraction of sp³-hybridized carbons (Fsp3) is 0.350. The second-order valence-electron chi connectivity index (χ2n) is 6.00. The van der Waals surface area contributed by atoms with Gasteiger partial charge in [-0.15, -0.1) is 0 Å². The summed E-state index contributed by atoms with van der Waals surface area (Å²) in [5.41, 5.74) is 4.84. The monoisotopic (exact) mass is 329 g/mol. The average Bonchev–Trinajstić information content (AvgIpc) is 2.55. The lowest BCUT2D eigenvalue weighted by molar-refractivity contribution is -0.121. The van der Waals surface area contributed by atoms with Crippen LogP contribution in [0.4, 0.5) is 0 Å². The quantitative estimate of drug-likeness (QED) is 0.779. The molecular formula is C20H24ClNO. The van der Waals surface area contributed by atoms with Gasteiger partial charge in [-0.3, -0.25) is 4.79 Å². The molecule has 2 nitrogen and oxygen atoms in total. The van der Waals surface area contributed by atoms with Crippen molar-refractivity contribution in [2.75, 3.05) is 0 Å². The molecular weight excluding hydrogens is 306 g/mol. The Morgan fingerprint density at radius 3 is 2.39 bits per heavy atom. The SMILES string of the molecule is CCC(NC(=O)CCc1ccc(Cl)cc1)c1ccc(C)c(C)c1. The number of rotatable bonds is 6. The second kappa shape index (κ2) is 8.16. The topological polar surface area (TPSA) is 29.1 Å². The molecule has 2 aromatic rings. The molecule has 0 saturated carbocycles. The summed E-state index contributed by atoms with van der Waals surface area (Å²) in [5.74, 6) is 0.0880. The standard InChI is InChI=1S/C20H24ClNO/c1-4-19(17-9-5-14(2)15(3)13-17)22-20(23)12-8-16-6-10-18(21)11-7-16/h5-7,9-11,13,19H,4,8,12H2,1-3H3,(H,22,23). The lowest BCUT2D eigenvalue weighted by atomic mass is 9.99. The Hall–Kier alpha value is -1.80. The van der Waals surface area contributed by atoms with Crippen molar-refractivity contribution in [2.45, 2.75) is 46.1 Å². The summed E-state index contributed by atoms with van der Waals surface area (Å²) in [5, 5.41) is 3.87. The van der Waals surface area contributed by atoms with E-state index in [4.69, 9.17) is 11.6 Å². The molecule has 0 fully saturated rings. The molecule has 0 saturated heterocycles. The third kappa shape index (κ3) is 5.11. The number of hydrogen-bond donors (Lipinski definition) is 1. The number of carbonyl (C=O) groups excluding carboxylic acids is 1. The summed E-state index contributed by atoms with van der Waals surface area (Å²) in [6, 6.07) is 14.1. The van der Waals surface area contributed by atoms with Crippen LogP contribution in [0.1, 0.15) is 48.1 Å². The van der Waals surface area contributed by atoms with E-state index in [0.717, 1.165) is 23.4 Å². The van der Waals surface area contributed by atoms with Crippen LogP contribution in [0.5, 0.6) is 0 Å². The molecule has 23 heavy (non-hydrogen) atoms. The van der Waals surface area contributed by atoms with Gasteiger partial charge in [0.25, 0.3) is 0 Å². The first-order chi connectivity index (χ1) is 11.0. The van der Waals surface area contributed by atoms with Gasteiger partial charge in [0, 0.05) is 11.4 Å². The predicted octanol–water partition coefficient (Wildman–Crippen LogP) is 5.16. The molecule has 0 aliphatic rings. The highest BCUT2D eigenvalue weighted by Gasteiger charge is 2.13. The number of nitrogens with one attached hydrogen (secondary N) is 1. The number of halogens is 1. The fourth-order valence-corrected chi connectivity index (χ4v) is 2.70. The van der Waals surface area contributed by atoms with Gasteiger partial charge in [0.2, 0.25) is 5.91 Å². The second-order valence-corrected chi connectivity index (χ2v) is 6.43. The molecule has 1 amide bonds. The van der Waals surface area contributed by atoms with E-state index >= 15 is 0 Å². The van der Waals surface area contributed by atoms with Crippen LogP contribution in [0.25, 0.3) is 0 Å². The Morgan fingerprint density at radius 2 is 1.78 bits per heavy atom. The minimum absolute atomic E-state index is 0.0759. The summed E-state index contributed by atoms with van der Waals surface area (Å²) in [4.78, 5) is 12.2. The van der Waals surface area contributed by atoms with Gasteiger partial charge in [0.05, 0.1) is 6.04 Å². The first-order valence-corrected chi connectivity index (χ1v) is 8.48. The first-order valence-electron chi connectivity index (χ1n) is 8.10. The number of carbonyl (C=O) groups is 1. The predicted molar refractivity (Wildman–Crippen MR) is 96.9 cm³/mol. The summed E-state index contributed by atoms with van der Waals surface area (Å²) in [6.07, 6.45) is 2.10. The van der Waals surface area contributed by atoms with E-state index in [1.807, 2.05) is 24.3 Å². The molecule has 1 atom stereocenters. The highest BCUT2D eigenvalue weighted by molar-refractivity contribution is 6.30. The molecule has 0 aromatic heterocycles. The van der Waals surface area contributed by atoms with Crippen LogP contribution >= 0.6 is 11.6 Å². The van der Waals surface area contributed by atoms with Crippen molar-refractivity contribution in [1.29, 1.82) is 0 Å². The maximum absolute atomic E-state index is 12.2. The van der Waals surface area contributed by atoms with Gasteiger partial charge < -0.3 is 5.32 Å². The van der Waals surface area contributed by atoms with Crippen LogP contribution in [0.3, 0.4) is 0 Å². The van der Waals surface area contributed by atoms with Gasteiger partial charge >= 0.3 is 0 Å². The number of hydrogen-bond acceptors (Lipinski definition) is 1. The third-order valence-corrected chi connectivity index (χ3v) is 4.48. The van der Waals surface area contributed by atoms with Gasteiger partial charge in [-0.25, -0.2) is 0 Å². The van der Waals surface area contributed by atoms with Crippen molar-refractivity contribution < 1.29 is 4.79 Å². The Morgan fingerprint density at radius 1 is 1.09 bits per heavy atom. The van der Waals surface area contributed by atoms with Crippen LogP contribution in [-0.4, -0.2) is 5.91 Å². The molecule has 3 heteroatoms. The zero-order valence-electron chi connectivity index (χ0n) is 14.0. The molecule has 0 bridgehead atoms. The molecule has 1 N–H and O–H groups in total. The van der Waals surface area contributed by atoms with Crippen LogP contribution < -0.4 is 5.32 Å². The molecule has 2 rings (SSSR count). The van der Waals surface area contributed by atoms with Crippen LogP contribution in [0.2, 0.25) is 5.02 Å². The van der Waals surface area contributed by atoms with E-state index in [9.17, 15) is 4.79 Å². The minimum atomic E-state index is 0.0759. The van der Waals surface area contributed by atoms with Crippen LogP contribution in [0, 0.1) is 13.8 Å². The zero-order chi connectivity index (χ0) is 16.8. The summed E-state index contributed by atoms with van der Waals surface area (Å²) < 4.78 is 0. The largest absolute Gasteiger partial charge is 0.349 e. The van der Waals surface area contributed by atoms with Crippen molar-refractivity contribution in [3.05, 3.63) is 69.7 Å². The maximum atomic E-state index is 12.2. The molecule has 2 aromatic carbocycles. The summed E-state index contributed by atoms with van der Waals surface area (Å²) in [7, 11) is 0. The summed E-state index contributed by atoms with van der Waals surface area (Å²) >= 11 is 5.87. The van der Waals surface area contributed by atoms with Crippen LogP contribution in [0.15, 0.2) is 42.5 Å². The van der Waals surface area contributed by atoms with E-state index in [0.29, 0.717) is 6.42 Å². The highest BCUT2D eigenvalue weighted by Crippen LogP contribution is 2.20. The molecule has 0 aliphatic carbocycles. The van der Waals surface area contributed by atoms with E-state index in [-0.39, 0.29) is 11.9 Å².